The molecule has 16 heavy (non-hydrogen) atoms. The molecule has 0 aromatic carbocycles. The van der Waals surface area contributed by atoms with E-state index >= 15 is 0 Å². The van der Waals surface area contributed by atoms with E-state index in [4.69, 9.17) is 5.73 Å². The van der Waals surface area contributed by atoms with E-state index in [1.165, 1.54) is 64.6 Å². The Morgan fingerprint density at radius 2 is 1.88 bits per heavy atom. The number of likely N-dealkylation sites (tertiary alicyclic amines) is 1. The van der Waals surface area contributed by atoms with E-state index in [0.717, 1.165) is 11.8 Å². The highest BCUT2D eigenvalue weighted by atomic mass is 15.1. The molecule has 2 fully saturated rings. The topological polar surface area (TPSA) is 29.3 Å². The summed E-state index contributed by atoms with van der Waals surface area (Å²) in [5, 5.41) is 0. The average Bonchev–Trinajstić information content (AvgIpc) is 2.45. The van der Waals surface area contributed by atoms with Crippen LogP contribution in [0.2, 0.25) is 0 Å². The van der Waals surface area contributed by atoms with Crippen LogP contribution in [0.4, 0.5) is 0 Å². The van der Waals surface area contributed by atoms with Gasteiger partial charge in [0.2, 0.25) is 0 Å². The van der Waals surface area contributed by atoms with Crippen LogP contribution in [0, 0.1) is 11.8 Å². The van der Waals surface area contributed by atoms with E-state index in [0.29, 0.717) is 6.04 Å². The zero-order valence-corrected chi connectivity index (χ0v) is 10.8. The Morgan fingerprint density at radius 1 is 1.06 bits per heavy atom. The molecule has 94 valence electrons. The van der Waals surface area contributed by atoms with Gasteiger partial charge in [0, 0.05) is 19.1 Å². The van der Waals surface area contributed by atoms with Gasteiger partial charge in [0.15, 0.2) is 0 Å². The van der Waals surface area contributed by atoms with E-state index in [-0.39, 0.29) is 0 Å². The molecule has 1 saturated heterocycles. The standard InChI is InChI=1S/C14H28N2/c1-12-6-5-9-16(10-12)11-13-7-3-2-4-8-14(13)15/h12-14H,2-11,15H2,1H3. The molecule has 1 aliphatic carbocycles. The van der Waals surface area contributed by atoms with E-state index in [2.05, 4.69) is 11.8 Å². The number of nitrogens with two attached hydrogens (primary N) is 1. The summed E-state index contributed by atoms with van der Waals surface area (Å²) in [5.41, 5.74) is 6.30. The van der Waals surface area contributed by atoms with Crippen molar-refractivity contribution >= 4 is 0 Å². The molecule has 0 amide bonds. The predicted octanol–water partition coefficient (Wildman–Crippen LogP) is 2.63. The molecule has 1 saturated carbocycles. The molecule has 2 aliphatic rings. The highest BCUT2D eigenvalue weighted by Crippen LogP contribution is 2.25. The first-order chi connectivity index (χ1) is 7.75. The fourth-order valence-corrected chi connectivity index (χ4v) is 3.42. The van der Waals surface area contributed by atoms with Crippen LogP contribution in [0.3, 0.4) is 0 Å². The number of nitrogens with zero attached hydrogens (tertiary/aromatic N) is 1. The van der Waals surface area contributed by atoms with Crippen LogP contribution >= 0.6 is 0 Å². The first-order valence-corrected chi connectivity index (χ1v) is 7.23. The van der Waals surface area contributed by atoms with Crippen molar-refractivity contribution in [2.75, 3.05) is 19.6 Å². The second-order valence-corrected chi connectivity index (χ2v) is 6.07. The summed E-state index contributed by atoms with van der Waals surface area (Å²) in [5.74, 6) is 1.67. The maximum absolute atomic E-state index is 6.30. The molecule has 1 aliphatic heterocycles. The Morgan fingerprint density at radius 3 is 2.69 bits per heavy atom. The van der Waals surface area contributed by atoms with E-state index in [1.54, 1.807) is 0 Å². The molecule has 3 atom stereocenters. The number of hydrogen-bond donors (Lipinski definition) is 1. The summed E-state index contributed by atoms with van der Waals surface area (Å²) in [6.45, 7) is 6.28. The summed E-state index contributed by atoms with van der Waals surface area (Å²) in [4.78, 5) is 2.67. The summed E-state index contributed by atoms with van der Waals surface area (Å²) in [7, 11) is 0. The second-order valence-electron chi connectivity index (χ2n) is 6.07. The lowest BCUT2D eigenvalue weighted by Crippen LogP contribution is -2.42. The van der Waals surface area contributed by atoms with Gasteiger partial charge in [-0.2, -0.15) is 0 Å². The minimum absolute atomic E-state index is 0.472. The van der Waals surface area contributed by atoms with Gasteiger partial charge in [-0.15, -0.1) is 0 Å². The van der Waals surface area contributed by atoms with Gasteiger partial charge in [-0.25, -0.2) is 0 Å². The van der Waals surface area contributed by atoms with Crippen LogP contribution in [0.15, 0.2) is 0 Å². The zero-order valence-electron chi connectivity index (χ0n) is 10.8. The maximum atomic E-state index is 6.30. The van der Waals surface area contributed by atoms with Crippen molar-refractivity contribution in [2.24, 2.45) is 17.6 Å². The molecule has 0 aromatic rings. The minimum atomic E-state index is 0.472. The lowest BCUT2D eigenvalue weighted by molar-refractivity contribution is 0.146. The Labute approximate surface area is 101 Å². The van der Waals surface area contributed by atoms with Gasteiger partial charge in [-0.1, -0.05) is 26.2 Å². The van der Waals surface area contributed by atoms with E-state index < -0.39 is 0 Å². The summed E-state index contributed by atoms with van der Waals surface area (Å²) in [6.07, 6.45) is 9.60. The molecule has 2 nitrogen and oxygen atoms in total. The molecule has 1 heterocycles. The third kappa shape index (κ3) is 3.46. The first kappa shape index (κ1) is 12.4. The second kappa shape index (κ2) is 6.02. The van der Waals surface area contributed by atoms with Gasteiger partial charge in [0.1, 0.15) is 0 Å². The third-order valence-corrected chi connectivity index (χ3v) is 4.45. The van der Waals surface area contributed by atoms with Crippen LogP contribution in [-0.2, 0) is 0 Å². The molecular weight excluding hydrogens is 196 g/mol. The molecule has 2 heteroatoms. The highest BCUT2D eigenvalue weighted by molar-refractivity contribution is 4.81. The molecule has 2 rings (SSSR count). The normalized spacial score (nSPS) is 38.2. The molecule has 0 bridgehead atoms. The van der Waals surface area contributed by atoms with Gasteiger partial charge in [0.05, 0.1) is 0 Å². The number of piperidine rings is 1. The molecular formula is C14H28N2. The lowest BCUT2D eigenvalue weighted by atomic mass is 9.92. The largest absolute Gasteiger partial charge is 0.327 e. The van der Waals surface area contributed by atoms with Gasteiger partial charge in [0.25, 0.3) is 0 Å². The van der Waals surface area contributed by atoms with Crippen LogP contribution in [0.25, 0.3) is 0 Å². The Kier molecular flexibility index (Phi) is 4.66. The van der Waals surface area contributed by atoms with Crippen LogP contribution in [0.1, 0.15) is 51.9 Å². The Balaban J connectivity index is 1.82. The molecule has 0 spiro atoms. The molecule has 3 unspecified atom stereocenters. The average molecular weight is 224 g/mol. The predicted molar refractivity (Wildman–Crippen MR) is 69.4 cm³/mol. The summed E-state index contributed by atoms with van der Waals surface area (Å²) >= 11 is 0. The van der Waals surface area contributed by atoms with Crippen molar-refractivity contribution in [2.45, 2.75) is 57.9 Å². The number of rotatable bonds is 2. The monoisotopic (exact) mass is 224 g/mol. The van der Waals surface area contributed by atoms with Crippen molar-refractivity contribution in [1.29, 1.82) is 0 Å². The smallest absolute Gasteiger partial charge is 0.00793 e. The summed E-state index contributed by atoms with van der Waals surface area (Å²) < 4.78 is 0. The molecule has 0 aromatic heterocycles. The van der Waals surface area contributed by atoms with Crippen molar-refractivity contribution in [3.8, 4) is 0 Å². The number of hydrogen-bond acceptors (Lipinski definition) is 2. The van der Waals surface area contributed by atoms with Crippen LogP contribution in [0.5, 0.6) is 0 Å². The minimum Gasteiger partial charge on any atom is -0.327 e. The molecule has 0 radical (unpaired) electrons. The SMILES string of the molecule is CC1CCCN(CC2CCCCCC2N)C1. The fourth-order valence-electron chi connectivity index (χ4n) is 3.42. The van der Waals surface area contributed by atoms with Gasteiger partial charge < -0.3 is 10.6 Å². The fraction of sp³-hybridized carbons (Fsp3) is 1.00. The highest BCUT2D eigenvalue weighted by Gasteiger charge is 2.24. The van der Waals surface area contributed by atoms with Crippen molar-refractivity contribution in [3.63, 3.8) is 0 Å². The quantitative estimate of drug-likeness (QED) is 0.731. The first-order valence-electron chi connectivity index (χ1n) is 7.23. The van der Waals surface area contributed by atoms with Gasteiger partial charge in [-0.05, 0) is 44.1 Å². The Bertz CT molecular complexity index is 205. The van der Waals surface area contributed by atoms with Crippen molar-refractivity contribution < 1.29 is 0 Å². The van der Waals surface area contributed by atoms with Gasteiger partial charge in [-0.3, -0.25) is 0 Å². The maximum Gasteiger partial charge on any atom is 0.00793 e. The van der Waals surface area contributed by atoms with Crippen molar-refractivity contribution in [3.05, 3.63) is 0 Å². The van der Waals surface area contributed by atoms with Gasteiger partial charge >= 0.3 is 0 Å². The van der Waals surface area contributed by atoms with Crippen LogP contribution < -0.4 is 5.73 Å². The van der Waals surface area contributed by atoms with Crippen molar-refractivity contribution in [1.82, 2.24) is 4.90 Å². The molecule has 2 N–H and O–H groups in total. The van der Waals surface area contributed by atoms with E-state index in [9.17, 15) is 0 Å². The van der Waals surface area contributed by atoms with E-state index in [1.807, 2.05) is 0 Å². The third-order valence-electron chi connectivity index (χ3n) is 4.45. The lowest BCUT2D eigenvalue weighted by Gasteiger charge is -2.35. The van der Waals surface area contributed by atoms with Crippen LogP contribution in [-0.4, -0.2) is 30.6 Å². The summed E-state index contributed by atoms with van der Waals surface area (Å²) in [6, 6.07) is 0.472. The zero-order chi connectivity index (χ0) is 11.4. The Hall–Kier alpha value is -0.0800.